The lowest BCUT2D eigenvalue weighted by atomic mass is 10.1. The number of methoxy groups -OCH3 is 1. The van der Waals surface area contributed by atoms with Crippen LogP contribution in [0, 0.1) is 5.82 Å². The topological polar surface area (TPSA) is 64.6 Å². The largest absolute Gasteiger partial charge is 0.496 e. The van der Waals surface area contributed by atoms with Crippen LogP contribution in [0.5, 0.6) is 5.75 Å². The normalized spacial score (nSPS) is 11.0. The molecule has 0 aliphatic carbocycles. The third kappa shape index (κ3) is 3.26. The van der Waals surface area contributed by atoms with E-state index in [1.165, 1.54) is 18.5 Å². The van der Waals surface area contributed by atoms with Crippen molar-refractivity contribution in [2.24, 2.45) is 0 Å². The smallest absolute Gasteiger partial charge is 0.181 e. The fourth-order valence-electron chi connectivity index (χ4n) is 3.35. The summed E-state index contributed by atoms with van der Waals surface area (Å²) in [5.41, 5.74) is 4.87. The van der Waals surface area contributed by atoms with Gasteiger partial charge in [-0.2, -0.15) is 0 Å². The van der Waals surface area contributed by atoms with E-state index >= 15 is 0 Å². The first kappa shape index (κ1) is 17.9. The molecule has 5 rings (SSSR count). The van der Waals surface area contributed by atoms with Crippen LogP contribution in [0.15, 0.2) is 84.0 Å². The van der Waals surface area contributed by atoms with Gasteiger partial charge in [-0.3, -0.25) is 0 Å². The Balaban J connectivity index is 1.50. The van der Waals surface area contributed by atoms with Crippen molar-refractivity contribution in [1.29, 1.82) is 0 Å². The maximum absolute atomic E-state index is 13.2. The number of benzene rings is 2. The Kier molecular flexibility index (Phi) is 4.40. The number of fused-ring (bicyclic) bond motifs is 1. The summed E-state index contributed by atoms with van der Waals surface area (Å²) in [6, 6.07) is 15.9. The van der Waals surface area contributed by atoms with Crippen LogP contribution in [0.4, 0.5) is 15.8 Å². The van der Waals surface area contributed by atoms with E-state index in [2.05, 4.69) is 10.3 Å². The fourth-order valence-corrected chi connectivity index (χ4v) is 3.35. The van der Waals surface area contributed by atoms with Gasteiger partial charge in [0.1, 0.15) is 11.6 Å². The second-order valence-corrected chi connectivity index (χ2v) is 6.69. The minimum absolute atomic E-state index is 0.271. The molecular weight excluding hydrogens is 383 g/mol. The third-order valence-corrected chi connectivity index (χ3v) is 4.80. The van der Waals surface area contributed by atoms with Gasteiger partial charge in [0.15, 0.2) is 17.8 Å². The second kappa shape index (κ2) is 7.36. The Bertz CT molecular complexity index is 1310. The predicted octanol–water partition coefficient (Wildman–Crippen LogP) is 5.55. The Morgan fingerprint density at radius 2 is 1.97 bits per heavy atom. The van der Waals surface area contributed by atoms with Crippen LogP contribution in [0.3, 0.4) is 0 Å². The lowest BCUT2D eigenvalue weighted by molar-refractivity contribution is 0.415. The SMILES string of the molecule is COc1cc(Nc2cccn3cc(-c4ccc(F)cc4)nc23)ccc1-c1cnco1. The second-order valence-electron chi connectivity index (χ2n) is 6.69. The van der Waals surface area contributed by atoms with Crippen LogP contribution < -0.4 is 10.1 Å². The maximum atomic E-state index is 13.2. The number of nitrogens with zero attached hydrogens (tertiary/aromatic N) is 3. The van der Waals surface area contributed by atoms with Crippen LogP contribution >= 0.6 is 0 Å². The monoisotopic (exact) mass is 400 g/mol. The number of halogens is 1. The standard InChI is InChI=1S/C23H17FN4O2/c1-29-21-11-17(8-9-18(21)22-12-25-14-30-22)26-19-3-2-10-28-13-20(27-23(19)28)15-4-6-16(24)7-5-15/h2-14,26H,1H3. The molecule has 5 aromatic rings. The van der Waals surface area contributed by atoms with Gasteiger partial charge in [0.25, 0.3) is 0 Å². The number of nitrogens with one attached hydrogen (secondary N) is 1. The number of hydrogen-bond acceptors (Lipinski definition) is 5. The average molecular weight is 400 g/mol. The molecule has 3 heterocycles. The molecule has 0 unspecified atom stereocenters. The van der Waals surface area contributed by atoms with Gasteiger partial charge >= 0.3 is 0 Å². The van der Waals surface area contributed by atoms with Gasteiger partial charge in [-0.05, 0) is 48.5 Å². The number of aromatic nitrogens is 3. The molecule has 148 valence electrons. The predicted molar refractivity (Wildman–Crippen MR) is 112 cm³/mol. The molecular formula is C23H17FN4O2. The number of anilines is 2. The van der Waals surface area contributed by atoms with Crippen molar-refractivity contribution in [2.75, 3.05) is 12.4 Å². The Hall–Kier alpha value is -4.13. The number of ether oxygens (including phenoxy) is 1. The highest BCUT2D eigenvalue weighted by Gasteiger charge is 2.12. The third-order valence-electron chi connectivity index (χ3n) is 4.80. The van der Waals surface area contributed by atoms with Crippen LogP contribution in [0.2, 0.25) is 0 Å². The van der Waals surface area contributed by atoms with Crippen molar-refractivity contribution in [3.8, 4) is 28.3 Å². The van der Waals surface area contributed by atoms with E-state index in [1.54, 1.807) is 25.4 Å². The van der Waals surface area contributed by atoms with E-state index in [0.717, 1.165) is 33.8 Å². The van der Waals surface area contributed by atoms with Crippen LogP contribution in [0.1, 0.15) is 0 Å². The van der Waals surface area contributed by atoms with Crippen molar-refractivity contribution in [1.82, 2.24) is 14.4 Å². The van der Waals surface area contributed by atoms with E-state index < -0.39 is 0 Å². The average Bonchev–Trinajstić information content (AvgIpc) is 3.45. The van der Waals surface area contributed by atoms with Crippen molar-refractivity contribution < 1.29 is 13.5 Å². The highest BCUT2D eigenvalue weighted by molar-refractivity contribution is 5.78. The summed E-state index contributed by atoms with van der Waals surface area (Å²) < 4.78 is 26.1. The molecule has 0 fully saturated rings. The summed E-state index contributed by atoms with van der Waals surface area (Å²) in [5.74, 6) is 1.03. The van der Waals surface area contributed by atoms with Crippen molar-refractivity contribution in [2.45, 2.75) is 0 Å². The molecule has 0 amide bonds. The minimum Gasteiger partial charge on any atom is -0.496 e. The number of rotatable bonds is 5. The molecule has 7 heteroatoms. The van der Waals surface area contributed by atoms with E-state index in [0.29, 0.717) is 11.5 Å². The molecule has 6 nitrogen and oxygen atoms in total. The molecule has 0 aliphatic heterocycles. The Morgan fingerprint density at radius 3 is 2.73 bits per heavy atom. The zero-order chi connectivity index (χ0) is 20.5. The summed E-state index contributed by atoms with van der Waals surface area (Å²) in [7, 11) is 1.61. The molecule has 1 N–H and O–H groups in total. The van der Waals surface area contributed by atoms with E-state index in [9.17, 15) is 4.39 Å². The summed E-state index contributed by atoms with van der Waals surface area (Å²) in [5, 5.41) is 3.40. The molecule has 0 radical (unpaired) electrons. The molecule has 0 atom stereocenters. The van der Waals surface area contributed by atoms with Gasteiger partial charge < -0.3 is 18.9 Å². The quantitative estimate of drug-likeness (QED) is 0.419. The first-order chi connectivity index (χ1) is 14.7. The lowest BCUT2D eigenvalue weighted by Gasteiger charge is -2.11. The maximum Gasteiger partial charge on any atom is 0.181 e. The molecule has 0 spiro atoms. The molecule has 30 heavy (non-hydrogen) atoms. The molecule has 0 aliphatic rings. The number of imidazole rings is 1. The number of oxazole rings is 1. The van der Waals surface area contributed by atoms with E-state index in [1.807, 2.05) is 47.1 Å². The Morgan fingerprint density at radius 1 is 1.10 bits per heavy atom. The summed E-state index contributed by atoms with van der Waals surface area (Å²) >= 11 is 0. The van der Waals surface area contributed by atoms with Gasteiger partial charge in [0.05, 0.1) is 30.3 Å². The summed E-state index contributed by atoms with van der Waals surface area (Å²) in [6.07, 6.45) is 6.88. The summed E-state index contributed by atoms with van der Waals surface area (Å²) in [4.78, 5) is 8.69. The van der Waals surface area contributed by atoms with Gasteiger partial charge in [0.2, 0.25) is 0 Å². The van der Waals surface area contributed by atoms with Gasteiger partial charge in [-0.1, -0.05) is 0 Å². The number of hydrogen-bond donors (Lipinski definition) is 1. The van der Waals surface area contributed by atoms with E-state index in [-0.39, 0.29) is 5.82 Å². The van der Waals surface area contributed by atoms with E-state index in [4.69, 9.17) is 14.1 Å². The van der Waals surface area contributed by atoms with Crippen molar-refractivity contribution in [3.05, 3.63) is 85.4 Å². The molecule has 2 aromatic carbocycles. The minimum atomic E-state index is -0.271. The first-order valence-electron chi connectivity index (χ1n) is 9.29. The van der Waals surface area contributed by atoms with Crippen molar-refractivity contribution >= 4 is 17.0 Å². The number of pyridine rings is 1. The van der Waals surface area contributed by atoms with Gasteiger partial charge in [0, 0.05) is 29.7 Å². The fraction of sp³-hybridized carbons (Fsp3) is 0.0435. The Labute approximate surface area is 171 Å². The van der Waals surface area contributed by atoms with Gasteiger partial charge in [-0.25, -0.2) is 14.4 Å². The van der Waals surface area contributed by atoms with Crippen LogP contribution in [0.25, 0.3) is 28.2 Å². The summed E-state index contributed by atoms with van der Waals surface area (Å²) in [6.45, 7) is 0. The molecule has 3 aromatic heterocycles. The van der Waals surface area contributed by atoms with Crippen LogP contribution in [-0.4, -0.2) is 21.5 Å². The highest BCUT2D eigenvalue weighted by atomic mass is 19.1. The first-order valence-corrected chi connectivity index (χ1v) is 9.29. The van der Waals surface area contributed by atoms with Crippen LogP contribution in [-0.2, 0) is 0 Å². The lowest BCUT2D eigenvalue weighted by Crippen LogP contribution is -1.96. The zero-order valence-electron chi connectivity index (χ0n) is 16.0. The van der Waals surface area contributed by atoms with Gasteiger partial charge in [-0.15, -0.1) is 0 Å². The highest BCUT2D eigenvalue weighted by Crippen LogP contribution is 2.34. The molecule has 0 saturated heterocycles. The zero-order valence-corrected chi connectivity index (χ0v) is 16.0. The molecule has 0 bridgehead atoms. The molecule has 0 saturated carbocycles. The van der Waals surface area contributed by atoms with Crippen molar-refractivity contribution in [3.63, 3.8) is 0 Å².